The maximum atomic E-state index is 9.75. The average Bonchev–Trinajstić information content (AvgIpc) is 2.93. The normalized spacial score (nSPS) is 10.4. The van der Waals surface area contributed by atoms with Crippen LogP contribution in [0.2, 0.25) is 0 Å². The van der Waals surface area contributed by atoms with E-state index in [1.165, 1.54) is 5.56 Å². The second kappa shape index (κ2) is 18.3. The van der Waals surface area contributed by atoms with Gasteiger partial charge in [0, 0.05) is 34.8 Å². The smallest absolute Gasteiger partial charge is 0.418 e. The summed E-state index contributed by atoms with van der Waals surface area (Å²) in [6.07, 6.45) is 7.14. The van der Waals surface area contributed by atoms with Crippen molar-refractivity contribution < 1.29 is 55.6 Å². The second-order valence-corrected chi connectivity index (χ2v) is 8.96. The Kier molecular flexibility index (Phi) is 16.0. The third-order valence-corrected chi connectivity index (χ3v) is 5.26. The largest absolute Gasteiger partial charge is 2.00 e. The molecule has 228 valence electrons. The first kappa shape index (κ1) is 37.6. The van der Waals surface area contributed by atoms with Crippen molar-refractivity contribution >= 4 is 30.4 Å². The van der Waals surface area contributed by atoms with Crippen LogP contribution < -0.4 is 0 Å². The zero-order valence-electron chi connectivity index (χ0n) is 22.1. The Bertz CT molecular complexity index is 1460. The molecule has 1 aromatic carbocycles. The summed E-state index contributed by atoms with van der Waals surface area (Å²) in [4.78, 5) is 17.6. The van der Waals surface area contributed by atoms with E-state index in [1.807, 2.05) is 73.7 Å². The fraction of sp³-hybridized carbons (Fsp3) is 0.0370. The minimum absolute atomic E-state index is 0. The quantitative estimate of drug-likeness (QED) is 0.134. The summed E-state index contributed by atoms with van der Waals surface area (Å²) in [7, 11) is -12.0. The van der Waals surface area contributed by atoms with E-state index < -0.39 is 14.5 Å². The fourth-order valence-electron chi connectivity index (χ4n) is 3.10. The van der Waals surface area contributed by atoms with Gasteiger partial charge in [0.1, 0.15) is 0 Å². The minimum atomic E-state index is -6.00. The molecule has 0 atom stereocenters. The molecule has 0 aliphatic heterocycles. The van der Waals surface area contributed by atoms with E-state index >= 15 is 0 Å². The van der Waals surface area contributed by atoms with Gasteiger partial charge in [0.2, 0.25) is 0 Å². The van der Waals surface area contributed by atoms with Crippen molar-refractivity contribution in [2.45, 2.75) is 6.92 Å². The molecule has 0 aliphatic rings. The van der Waals surface area contributed by atoms with Crippen molar-refractivity contribution in [3.05, 3.63) is 120 Å². The molecule has 4 nitrogen and oxygen atoms in total. The molecule has 0 spiro atoms. The maximum Gasteiger partial charge on any atom is 2.00 e. The number of benzene rings is 1. The van der Waals surface area contributed by atoms with Crippen LogP contribution in [0.3, 0.4) is 0 Å². The Morgan fingerprint density at radius 1 is 0.558 bits per heavy atom. The second-order valence-electron chi connectivity index (χ2n) is 8.04. The molecule has 4 heterocycles. The molecule has 0 radical (unpaired) electrons. The third kappa shape index (κ3) is 16.7. The van der Waals surface area contributed by atoms with E-state index in [0.717, 1.165) is 38.4 Å². The van der Waals surface area contributed by atoms with Gasteiger partial charge in [-0.15, -0.1) is 0 Å². The molecule has 16 heteroatoms. The molecule has 0 saturated carbocycles. The van der Waals surface area contributed by atoms with Crippen molar-refractivity contribution in [3.8, 4) is 33.9 Å². The van der Waals surface area contributed by atoms with Crippen molar-refractivity contribution in [1.82, 2.24) is 19.9 Å². The van der Waals surface area contributed by atoms with E-state index in [2.05, 4.69) is 49.1 Å². The molecular weight excluding hydrogens is 829 g/mol. The maximum absolute atomic E-state index is 9.75. The molecule has 0 fully saturated rings. The van der Waals surface area contributed by atoms with E-state index in [1.54, 1.807) is 24.8 Å². The average molecular weight is 850 g/mol. The van der Waals surface area contributed by atoms with Crippen molar-refractivity contribution in [3.63, 3.8) is 0 Å². The van der Waals surface area contributed by atoms with Crippen molar-refractivity contribution in [1.29, 1.82) is 0 Å². The van der Waals surface area contributed by atoms with Gasteiger partial charge in [0.05, 0.1) is 22.8 Å². The zero-order chi connectivity index (χ0) is 31.2. The van der Waals surface area contributed by atoms with Crippen LogP contribution in [0.5, 0.6) is 0 Å². The third-order valence-electron chi connectivity index (χ3n) is 4.73. The Hall–Kier alpha value is -3.44. The number of hydrogen-bond donors (Lipinski definition) is 0. The summed E-state index contributed by atoms with van der Waals surface area (Å²) in [5, 5.41) is 0. The van der Waals surface area contributed by atoms with Crippen molar-refractivity contribution in [2.24, 2.45) is 0 Å². The molecule has 0 N–H and O–H groups in total. The minimum Gasteiger partial charge on any atom is -0.418 e. The first-order valence-electron chi connectivity index (χ1n) is 11.9. The summed E-state index contributed by atoms with van der Waals surface area (Å²) >= 11 is 3.49. The van der Waals surface area contributed by atoms with Crippen LogP contribution in [0.25, 0.3) is 33.9 Å². The first-order valence-corrected chi connectivity index (χ1v) is 12.7. The monoisotopic (exact) mass is 849 g/mol. The zero-order valence-corrected chi connectivity index (χ0v) is 25.9. The summed E-state index contributed by atoms with van der Waals surface area (Å²) in [6, 6.07) is 27.9. The Balaban J connectivity index is 0.000000422. The predicted molar refractivity (Wildman–Crippen MR) is 153 cm³/mol. The van der Waals surface area contributed by atoms with Crippen LogP contribution in [0.4, 0.5) is 34.5 Å². The number of halogens is 9. The number of nitrogens with zero attached hydrogens (tertiary/aromatic N) is 4. The molecular formula is C27H21B2BrF8N4Pt. The van der Waals surface area contributed by atoms with Gasteiger partial charge < -0.3 is 34.5 Å². The van der Waals surface area contributed by atoms with Gasteiger partial charge >= 0.3 is 35.6 Å². The molecule has 0 aliphatic carbocycles. The van der Waals surface area contributed by atoms with E-state index in [9.17, 15) is 34.5 Å². The fourth-order valence-corrected chi connectivity index (χ4v) is 3.37. The molecule has 0 saturated heterocycles. The van der Waals surface area contributed by atoms with Crippen molar-refractivity contribution in [2.75, 3.05) is 0 Å². The van der Waals surface area contributed by atoms with Crippen LogP contribution in [0, 0.1) is 6.92 Å². The Labute approximate surface area is 265 Å². The van der Waals surface area contributed by atoms with Crippen LogP contribution in [-0.2, 0) is 21.1 Å². The van der Waals surface area contributed by atoms with Gasteiger partial charge in [-0.2, -0.15) is 0 Å². The van der Waals surface area contributed by atoms with Crippen LogP contribution in [0.15, 0.2) is 114 Å². The predicted octanol–water partition coefficient (Wildman–Crippen LogP) is 9.62. The van der Waals surface area contributed by atoms with Gasteiger partial charge in [-0.1, -0.05) is 40.2 Å². The number of rotatable bonds is 3. The number of aryl methyl sites for hydroxylation is 1. The summed E-state index contributed by atoms with van der Waals surface area (Å²) in [5.41, 5.74) is 6.79. The van der Waals surface area contributed by atoms with Gasteiger partial charge in [-0.3, -0.25) is 15.0 Å². The number of pyridine rings is 4. The van der Waals surface area contributed by atoms with Crippen LogP contribution in [-0.4, -0.2) is 34.4 Å². The topological polar surface area (TPSA) is 51.6 Å². The molecule has 0 unspecified atom stereocenters. The molecule has 43 heavy (non-hydrogen) atoms. The number of hydrogen-bond acceptors (Lipinski definition) is 4. The van der Waals surface area contributed by atoms with E-state index in [4.69, 9.17) is 4.98 Å². The van der Waals surface area contributed by atoms with Gasteiger partial charge in [0.25, 0.3) is 0 Å². The van der Waals surface area contributed by atoms with Gasteiger partial charge in [-0.05, 0) is 78.7 Å². The summed E-state index contributed by atoms with van der Waals surface area (Å²) in [6.45, 7) is 2.04. The summed E-state index contributed by atoms with van der Waals surface area (Å²) < 4.78 is 79.0. The molecule has 4 aromatic heterocycles. The van der Waals surface area contributed by atoms with Crippen LogP contribution >= 0.6 is 15.9 Å². The Morgan fingerprint density at radius 2 is 1.05 bits per heavy atom. The van der Waals surface area contributed by atoms with E-state index in [0.29, 0.717) is 0 Å². The van der Waals surface area contributed by atoms with Gasteiger partial charge in [-0.25, -0.2) is 4.98 Å². The molecule has 5 aromatic rings. The molecule has 0 amide bonds. The molecule has 5 rings (SSSR count). The van der Waals surface area contributed by atoms with E-state index in [-0.39, 0.29) is 21.1 Å². The van der Waals surface area contributed by atoms with Gasteiger partial charge in [0.15, 0.2) is 0 Å². The standard InChI is InChI=1S/C21H14BrN3.C6H7N.2BF4.Pt/c22-16-9-7-15(8-10-16)17-11-12-19(18-5-1-3-13-23-18)25-21(17)20-6-2-4-14-24-20;1-6-2-4-7-5-3-6;2*2-1(3,4)5;/h1-14H;2-5H,1H3;;;/q;;2*-1;+2. The molecule has 0 bridgehead atoms. The SMILES string of the molecule is Brc1ccc(-c2ccc(-c3ccccn3)nc2-c2ccccn2)cc1.Cc1ccncc1.F[B-](F)(F)F.F[B-](F)(F)F.[Pt+2]. The Morgan fingerprint density at radius 3 is 1.47 bits per heavy atom. The number of aromatic nitrogens is 4. The van der Waals surface area contributed by atoms with Crippen LogP contribution in [0.1, 0.15) is 5.56 Å². The summed E-state index contributed by atoms with van der Waals surface area (Å²) in [5.74, 6) is 0. The first-order chi connectivity index (χ1) is 19.7.